The average Bonchev–Trinajstić information content (AvgIpc) is 2.69. The quantitative estimate of drug-likeness (QED) is 0.337. The SMILES string of the molecule is O=C(Oc1ccccc1OC(=O)c1ccc(C(F)(F)F)cc1)c1ccc(F)cc1. The number of carbonyl (C=O) groups is 2. The third kappa shape index (κ3) is 4.98. The number of carbonyl (C=O) groups excluding carboxylic acids is 2. The summed E-state index contributed by atoms with van der Waals surface area (Å²) < 4.78 is 61.2. The number of esters is 2. The van der Waals surface area contributed by atoms with Gasteiger partial charge in [-0.15, -0.1) is 0 Å². The van der Waals surface area contributed by atoms with Gasteiger partial charge in [-0.1, -0.05) is 12.1 Å². The maximum atomic E-state index is 13.0. The molecule has 0 saturated heterocycles. The van der Waals surface area contributed by atoms with Crippen molar-refractivity contribution in [3.8, 4) is 11.5 Å². The molecule has 0 bridgehead atoms. The van der Waals surface area contributed by atoms with Crippen LogP contribution in [0, 0.1) is 5.82 Å². The molecule has 0 atom stereocenters. The van der Waals surface area contributed by atoms with Crippen molar-refractivity contribution in [2.24, 2.45) is 0 Å². The summed E-state index contributed by atoms with van der Waals surface area (Å²) in [5, 5.41) is 0. The van der Waals surface area contributed by atoms with Crippen LogP contribution >= 0.6 is 0 Å². The molecule has 0 aliphatic carbocycles. The van der Waals surface area contributed by atoms with Crippen molar-refractivity contribution in [2.45, 2.75) is 6.18 Å². The second-order valence-corrected chi connectivity index (χ2v) is 5.81. The lowest BCUT2D eigenvalue weighted by Gasteiger charge is -2.11. The average molecular weight is 404 g/mol. The first-order valence-corrected chi connectivity index (χ1v) is 8.20. The van der Waals surface area contributed by atoms with Crippen molar-refractivity contribution in [3.05, 3.63) is 95.3 Å². The fourth-order valence-corrected chi connectivity index (χ4v) is 2.32. The zero-order valence-electron chi connectivity index (χ0n) is 14.6. The molecule has 0 fully saturated rings. The van der Waals surface area contributed by atoms with E-state index in [1.165, 1.54) is 36.4 Å². The first-order valence-electron chi connectivity index (χ1n) is 8.20. The number of hydrogen-bond acceptors (Lipinski definition) is 4. The van der Waals surface area contributed by atoms with Gasteiger partial charge in [-0.05, 0) is 60.7 Å². The molecule has 29 heavy (non-hydrogen) atoms. The molecule has 4 nitrogen and oxygen atoms in total. The Labute approximate surface area is 162 Å². The second-order valence-electron chi connectivity index (χ2n) is 5.81. The number of ether oxygens (including phenoxy) is 2. The van der Waals surface area contributed by atoms with Crippen LogP contribution < -0.4 is 9.47 Å². The summed E-state index contributed by atoms with van der Waals surface area (Å²) >= 11 is 0. The smallest absolute Gasteiger partial charge is 0.416 e. The molecule has 0 aliphatic heterocycles. The molecular weight excluding hydrogens is 392 g/mol. The molecule has 3 aromatic carbocycles. The lowest BCUT2D eigenvalue weighted by atomic mass is 10.1. The Morgan fingerprint density at radius 1 is 0.655 bits per heavy atom. The van der Waals surface area contributed by atoms with E-state index in [1.807, 2.05) is 0 Å². The molecule has 0 saturated carbocycles. The van der Waals surface area contributed by atoms with Gasteiger partial charge in [0.05, 0.1) is 16.7 Å². The Kier molecular flexibility index (Phi) is 5.63. The molecule has 0 aliphatic rings. The molecule has 3 rings (SSSR count). The van der Waals surface area contributed by atoms with Crippen molar-refractivity contribution in [1.82, 2.24) is 0 Å². The monoisotopic (exact) mass is 404 g/mol. The van der Waals surface area contributed by atoms with Crippen LogP contribution in [0.5, 0.6) is 11.5 Å². The molecule has 0 heterocycles. The predicted molar refractivity (Wildman–Crippen MR) is 94.2 cm³/mol. The van der Waals surface area contributed by atoms with Crippen molar-refractivity contribution in [1.29, 1.82) is 0 Å². The van der Waals surface area contributed by atoms with Crippen molar-refractivity contribution in [3.63, 3.8) is 0 Å². The Balaban J connectivity index is 1.75. The maximum Gasteiger partial charge on any atom is 0.416 e. The van der Waals surface area contributed by atoms with Crippen LogP contribution in [0.1, 0.15) is 26.3 Å². The summed E-state index contributed by atoms with van der Waals surface area (Å²) in [4.78, 5) is 24.4. The summed E-state index contributed by atoms with van der Waals surface area (Å²) in [6, 6.07) is 13.9. The molecule has 0 amide bonds. The van der Waals surface area contributed by atoms with Gasteiger partial charge in [0.2, 0.25) is 0 Å². The van der Waals surface area contributed by atoms with Gasteiger partial charge in [0.15, 0.2) is 11.5 Å². The van der Waals surface area contributed by atoms with E-state index in [9.17, 15) is 27.2 Å². The van der Waals surface area contributed by atoms with Crippen LogP contribution in [0.2, 0.25) is 0 Å². The summed E-state index contributed by atoms with van der Waals surface area (Å²) in [6.07, 6.45) is -4.52. The number of alkyl halides is 3. The van der Waals surface area contributed by atoms with E-state index in [-0.39, 0.29) is 22.6 Å². The molecule has 0 unspecified atom stereocenters. The zero-order valence-corrected chi connectivity index (χ0v) is 14.6. The lowest BCUT2D eigenvalue weighted by molar-refractivity contribution is -0.137. The van der Waals surface area contributed by atoms with Gasteiger partial charge in [-0.3, -0.25) is 0 Å². The summed E-state index contributed by atoms with van der Waals surface area (Å²) in [6.45, 7) is 0. The van der Waals surface area contributed by atoms with Crippen molar-refractivity contribution >= 4 is 11.9 Å². The van der Waals surface area contributed by atoms with Gasteiger partial charge in [-0.25, -0.2) is 14.0 Å². The molecular formula is C21H12F4O4. The van der Waals surface area contributed by atoms with Gasteiger partial charge in [0.1, 0.15) is 5.82 Å². The second kappa shape index (κ2) is 8.14. The third-order valence-electron chi connectivity index (χ3n) is 3.78. The van der Waals surface area contributed by atoms with Gasteiger partial charge in [0, 0.05) is 0 Å². The first kappa shape index (κ1) is 20.1. The van der Waals surface area contributed by atoms with Gasteiger partial charge in [-0.2, -0.15) is 13.2 Å². The standard InChI is InChI=1S/C21H12F4O4/c22-16-11-7-14(8-12-16)20(27)29-18-4-2-1-3-17(18)28-19(26)13-5-9-15(10-6-13)21(23,24)25/h1-12H. The zero-order chi connectivity index (χ0) is 21.0. The largest absolute Gasteiger partial charge is 0.419 e. The molecule has 0 N–H and O–H groups in total. The van der Waals surface area contributed by atoms with Crippen LogP contribution in [0.3, 0.4) is 0 Å². The van der Waals surface area contributed by atoms with Crippen LogP contribution in [0.25, 0.3) is 0 Å². The van der Waals surface area contributed by atoms with E-state index >= 15 is 0 Å². The minimum absolute atomic E-state index is 0.0790. The Bertz CT molecular complexity index is 1030. The van der Waals surface area contributed by atoms with E-state index in [4.69, 9.17) is 9.47 Å². The highest BCUT2D eigenvalue weighted by atomic mass is 19.4. The summed E-state index contributed by atoms with van der Waals surface area (Å²) in [5.74, 6) is -2.44. The number of benzene rings is 3. The molecule has 8 heteroatoms. The minimum atomic E-state index is -4.52. The minimum Gasteiger partial charge on any atom is -0.419 e. The molecule has 148 valence electrons. The normalized spacial score (nSPS) is 11.0. The number of hydrogen-bond donors (Lipinski definition) is 0. The lowest BCUT2D eigenvalue weighted by Crippen LogP contribution is -2.13. The molecule has 0 aromatic heterocycles. The highest BCUT2D eigenvalue weighted by Gasteiger charge is 2.30. The molecule has 3 aromatic rings. The van der Waals surface area contributed by atoms with E-state index in [1.54, 1.807) is 0 Å². The summed E-state index contributed by atoms with van der Waals surface area (Å²) in [7, 11) is 0. The van der Waals surface area contributed by atoms with Crippen LogP contribution in [-0.2, 0) is 6.18 Å². The Morgan fingerprint density at radius 2 is 1.07 bits per heavy atom. The van der Waals surface area contributed by atoms with Gasteiger partial charge >= 0.3 is 18.1 Å². The predicted octanol–water partition coefficient (Wildman–Crippen LogP) is 5.28. The highest BCUT2D eigenvalue weighted by molar-refractivity contribution is 5.93. The van der Waals surface area contributed by atoms with Crippen LogP contribution in [0.4, 0.5) is 17.6 Å². The van der Waals surface area contributed by atoms with Crippen molar-refractivity contribution in [2.75, 3.05) is 0 Å². The summed E-state index contributed by atoms with van der Waals surface area (Å²) in [5.41, 5.74) is -0.935. The van der Waals surface area contributed by atoms with Gasteiger partial charge < -0.3 is 9.47 Å². The Morgan fingerprint density at radius 3 is 1.48 bits per heavy atom. The van der Waals surface area contributed by atoms with E-state index in [0.29, 0.717) is 0 Å². The van der Waals surface area contributed by atoms with Crippen molar-refractivity contribution < 1.29 is 36.6 Å². The number of rotatable bonds is 4. The fraction of sp³-hybridized carbons (Fsp3) is 0.0476. The first-order chi connectivity index (χ1) is 13.7. The topological polar surface area (TPSA) is 52.6 Å². The molecule has 0 radical (unpaired) electrons. The van der Waals surface area contributed by atoms with Gasteiger partial charge in [0.25, 0.3) is 0 Å². The van der Waals surface area contributed by atoms with Crippen LogP contribution in [0.15, 0.2) is 72.8 Å². The van der Waals surface area contributed by atoms with E-state index in [2.05, 4.69) is 0 Å². The number of halogens is 4. The Hall–Kier alpha value is -3.68. The van der Waals surface area contributed by atoms with E-state index in [0.717, 1.165) is 36.4 Å². The fourth-order valence-electron chi connectivity index (χ4n) is 2.32. The highest BCUT2D eigenvalue weighted by Crippen LogP contribution is 2.30. The van der Waals surface area contributed by atoms with E-state index < -0.39 is 29.5 Å². The van der Waals surface area contributed by atoms with Crippen LogP contribution in [-0.4, -0.2) is 11.9 Å². The third-order valence-corrected chi connectivity index (χ3v) is 3.78. The molecule has 0 spiro atoms. The maximum absolute atomic E-state index is 13.0. The number of para-hydroxylation sites is 2.